The summed E-state index contributed by atoms with van der Waals surface area (Å²) in [5, 5.41) is 2.70. The van der Waals surface area contributed by atoms with Crippen molar-refractivity contribution in [3.63, 3.8) is 0 Å². The summed E-state index contributed by atoms with van der Waals surface area (Å²) in [6.45, 7) is 4.54. The summed E-state index contributed by atoms with van der Waals surface area (Å²) in [5.41, 5.74) is 2.01. The van der Waals surface area contributed by atoms with Gasteiger partial charge in [0, 0.05) is 45.7 Å². The van der Waals surface area contributed by atoms with Gasteiger partial charge in [-0.3, -0.25) is 9.69 Å². The van der Waals surface area contributed by atoms with Crippen LogP contribution in [-0.2, 0) is 22.7 Å². The molecule has 1 saturated heterocycles. The van der Waals surface area contributed by atoms with Gasteiger partial charge in [-0.25, -0.2) is 9.18 Å². The van der Waals surface area contributed by atoms with E-state index < -0.39 is 6.09 Å². The molecule has 166 valence electrons. The topological polar surface area (TPSA) is 61.9 Å². The van der Waals surface area contributed by atoms with Crippen molar-refractivity contribution in [2.45, 2.75) is 32.4 Å². The molecule has 0 aromatic heterocycles. The summed E-state index contributed by atoms with van der Waals surface area (Å²) in [6.07, 6.45) is 1.42. The maximum absolute atomic E-state index is 13.1. The van der Waals surface area contributed by atoms with Crippen molar-refractivity contribution in [3.8, 4) is 0 Å². The van der Waals surface area contributed by atoms with E-state index in [2.05, 4.69) is 10.2 Å². The lowest BCUT2D eigenvalue weighted by Crippen LogP contribution is -2.35. The quantitative estimate of drug-likeness (QED) is 0.655. The molecule has 0 aliphatic carbocycles. The molecule has 0 saturated carbocycles. The van der Waals surface area contributed by atoms with E-state index in [9.17, 15) is 14.0 Å². The maximum Gasteiger partial charge on any atom is 0.407 e. The molecule has 7 heteroatoms. The summed E-state index contributed by atoms with van der Waals surface area (Å²) in [6, 6.07) is 16.1. The van der Waals surface area contributed by atoms with Crippen LogP contribution in [0.2, 0.25) is 0 Å². The number of rotatable bonds is 8. The Labute approximate surface area is 183 Å². The molecular weight excluding hydrogens is 397 g/mol. The highest BCUT2D eigenvalue weighted by molar-refractivity contribution is 5.76. The molecule has 0 spiro atoms. The first-order valence-corrected chi connectivity index (χ1v) is 10.8. The molecule has 0 bridgehead atoms. The van der Waals surface area contributed by atoms with Gasteiger partial charge >= 0.3 is 6.09 Å². The number of nitrogens with zero attached hydrogens (tertiary/aromatic N) is 2. The Bertz CT molecular complexity index is 830. The van der Waals surface area contributed by atoms with Gasteiger partial charge in [-0.05, 0) is 36.1 Å². The monoisotopic (exact) mass is 427 g/mol. The number of amides is 2. The molecule has 0 unspecified atom stereocenters. The molecule has 3 rings (SSSR count). The Balaban J connectivity index is 1.30. The molecule has 0 atom stereocenters. The standard InChI is InChI=1S/C24H30FN3O3/c25-22-11-9-20(10-12-22)18-27-14-5-15-28(17-16-27)23(29)8-4-13-26-24(30)31-19-21-6-2-1-3-7-21/h1-3,6-7,9-12H,4-5,8,13-19H2,(H,26,30). The number of nitrogens with one attached hydrogen (secondary N) is 1. The number of carbonyl (C=O) groups excluding carboxylic acids is 2. The van der Waals surface area contributed by atoms with Crippen LogP contribution in [0.25, 0.3) is 0 Å². The van der Waals surface area contributed by atoms with Crippen LogP contribution in [0.5, 0.6) is 0 Å². The van der Waals surface area contributed by atoms with E-state index in [-0.39, 0.29) is 18.3 Å². The summed E-state index contributed by atoms with van der Waals surface area (Å²) in [5.74, 6) is -0.113. The number of hydrogen-bond donors (Lipinski definition) is 1. The zero-order valence-electron chi connectivity index (χ0n) is 17.8. The fourth-order valence-electron chi connectivity index (χ4n) is 3.59. The van der Waals surface area contributed by atoms with Crippen molar-refractivity contribution in [2.24, 2.45) is 0 Å². The zero-order valence-corrected chi connectivity index (χ0v) is 17.8. The second-order valence-electron chi connectivity index (χ2n) is 7.73. The van der Waals surface area contributed by atoms with Crippen LogP contribution in [-0.4, -0.2) is 54.5 Å². The van der Waals surface area contributed by atoms with Gasteiger partial charge in [-0.15, -0.1) is 0 Å². The Morgan fingerprint density at radius 3 is 2.48 bits per heavy atom. The molecule has 1 heterocycles. The molecule has 31 heavy (non-hydrogen) atoms. The van der Waals surface area contributed by atoms with Crippen LogP contribution >= 0.6 is 0 Å². The molecule has 1 aliphatic heterocycles. The highest BCUT2D eigenvalue weighted by Gasteiger charge is 2.19. The normalized spacial score (nSPS) is 14.7. The van der Waals surface area contributed by atoms with Crippen molar-refractivity contribution in [2.75, 3.05) is 32.7 Å². The van der Waals surface area contributed by atoms with Crippen molar-refractivity contribution < 1.29 is 18.7 Å². The van der Waals surface area contributed by atoms with Crippen LogP contribution in [0, 0.1) is 5.82 Å². The van der Waals surface area contributed by atoms with Crippen molar-refractivity contribution in [1.29, 1.82) is 0 Å². The molecule has 1 fully saturated rings. The van der Waals surface area contributed by atoms with E-state index in [0.717, 1.165) is 43.7 Å². The second-order valence-corrected chi connectivity index (χ2v) is 7.73. The zero-order chi connectivity index (χ0) is 21.9. The first kappa shape index (κ1) is 22.7. The summed E-state index contributed by atoms with van der Waals surface area (Å²) < 4.78 is 18.2. The molecule has 2 aromatic rings. The number of hydrogen-bond acceptors (Lipinski definition) is 4. The van der Waals surface area contributed by atoms with E-state index in [1.807, 2.05) is 35.2 Å². The van der Waals surface area contributed by atoms with E-state index >= 15 is 0 Å². The number of alkyl carbamates (subject to hydrolysis) is 1. The third kappa shape index (κ3) is 8.02. The Hall–Kier alpha value is -2.93. The maximum atomic E-state index is 13.1. The summed E-state index contributed by atoms with van der Waals surface area (Å²) in [7, 11) is 0. The van der Waals surface area contributed by atoms with Crippen LogP contribution in [0.4, 0.5) is 9.18 Å². The minimum atomic E-state index is -0.470. The van der Waals surface area contributed by atoms with Gasteiger partial charge in [0.05, 0.1) is 0 Å². The predicted octanol–water partition coefficient (Wildman–Crippen LogP) is 3.57. The summed E-state index contributed by atoms with van der Waals surface area (Å²) >= 11 is 0. The van der Waals surface area contributed by atoms with Crippen LogP contribution in [0.15, 0.2) is 54.6 Å². The smallest absolute Gasteiger partial charge is 0.407 e. The number of carbonyl (C=O) groups is 2. The van der Waals surface area contributed by atoms with Crippen molar-refractivity contribution in [1.82, 2.24) is 15.1 Å². The summed E-state index contributed by atoms with van der Waals surface area (Å²) in [4.78, 5) is 28.5. The SMILES string of the molecule is O=C(NCCCC(=O)N1CCCN(Cc2ccc(F)cc2)CC1)OCc1ccccc1. The molecule has 1 aliphatic rings. The lowest BCUT2D eigenvalue weighted by molar-refractivity contribution is -0.131. The predicted molar refractivity (Wildman–Crippen MR) is 117 cm³/mol. The van der Waals surface area contributed by atoms with Gasteiger partial charge in [0.25, 0.3) is 0 Å². The minimum absolute atomic E-state index is 0.114. The fraction of sp³-hybridized carbons (Fsp3) is 0.417. The average Bonchev–Trinajstić information content (AvgIpc) is 3.03. The first-order chi connectivity index (χ1) is 15.1. The van der Waals surface area contributed by atoms with Gasteiger partial charge in [-0.1, -0.05) is 42.5 Å². The Morgan fingerprint density at radius 1 is 0.935 bits per heavy atom. The van der Waals surface area contributed by atoms with Crippen LogP contribution in [0.1, 0.15) is 30.4 Å². The van der Waals surface area contributed by atoms with Gasteiger partial charge in [0.15, 0.2) is 0 Å². The lowest BCUT2D eigenvalue weighted by Gasteiger charge is -2.22. The molecule has 1 N–H and O–H groups in total. The Kier molecular flexibility index (Phi) is 8.84. The molecular formula is C24H30FN3O3. The Morgan fingerprint density at radius 2 is 1.71 bits per heavy atom. The van der Waals surface area contributed by atoms with Crippen LogP contribution in [0.3, 0.4) is 0 Å². The fourth-order valence-corrected chi connectivity index (χ4v) is 3.59. The molecule has 2 amide bonds. The van der Waals surface area contributed by atoms with Crippen molar-refractivity contribution >= 4 is 12.0 Å². The second kappa shape index (κ2) is 12.1. The number of ether oxygens (including phenoxy) is 1. The van der Waals surface area contributed by atoms with Gasteiger partial charge in [-0.2, -0.15) is 0 Å². The first-order valence-electron chi connectivity index (χ1n) is 10.8. The third-order valence-corrected chi connectivity index (χ3v) is 5.31. The van der Waals surface area contributed by atoms with E-state index in [0.29, 0.717) is 25.9 Å². The lowest BCUT2D eigenvalue weighted by atomic mass is 10.2. The molecule has 6 nitrogen and oxygen atoms in total. The van der Waals surface area contributed by atoms with E-state index in [1.165, 1.54) is 12.1 Å². The number of benzene rings is 2. The highest BCUT2D eigenvalue weighted by Crippen LogP contribution is 2.11. The van der Waals surface area contributed by atoms with Crippen molar-refractivity contribution in [3.05, 3.63) is 71.5 Å². The molecule has 2 aromatic carbocycles. The largest absolute Gasteiger partial charge is 0.445 e. The van der Waals surface area contributed by atoms with Gasteiger partial charge < -0.3 is 15.0 Å². The van der Waals surface area contributed by atoms with Gasteiger partial charge in [0.2, 0.25) is 5.91 Å². The highest BCUT2D eigenvalue weighted by atomic mass is 19.1. The average molecular weight is 428 g/mol. The molecule has 0 radical (unpaired) electrons. The van der Waals surface area contributed by atoms with Gasteiger partial charge in [0.1, 0.15) is 12.4 Å². The van der Waals surface area contributed by atoms with E-state index in [4.69, 9.17) is 4.74 Å². The third-order valence-electron chi connectivity index (χ3n) is 5.31. The van der Waals surface area contributed by atoms with Crippen LogP contribution < -0.4 is 5.32 Å². The number of halogens is 1. The minimum Gasteiger partial charge on any atom is -0.445 e. The van der Waals surface area contributed by atoms with E-state index in [1.54, 1.807) is 12.1 Å².